The lowest BCUT2D eigenvalue weighted by molar-refractivity contribution is -0.167. The number of allylic oxidation sites excluding steroid dienone is 4. The van der Waals surface area contributed by atoms with E-state index in [0.29, 0.717) is 19.3 Å². The van der Waals surface area contributed by atoms with Crippen LogP contribution in [-0.2, 0) is 28.6 Å². The Balaban J connectivity index is 4.11. The summed E-state index contributed by atoms with van der Waals surface area (Å²) < 4.78 is 16.6. The highest BCUT2D eigenvalue weighted by atomic mass is 16.6. The smallest absolute Gasteiger partial charge is 0.306 e. The van der Waals surface area contributed by atoms with Gasteiger partial charge in [0.1, 0.15) is 13.2 Å². The molecule has 0 N–H and O–H groups in total. The molecule has 56 heavy (non-hydrogen) atoms. The van der Waals surface area contributed by atoms with Gasteiger partial charge in [-0.1, -0.05) is 193 Å². The minimum absolute atomic E-state index is 0.0740. The van der Waals surface area contributed by atoms with E-state index in [4.69, 9.17) is 14.2 Å². The van der Waals surface area contributed by atoms with Crippen molar-refractivity contribution in [3.05, 3.63) is 24.3 Å². The molecule has 1 unspecified atom stereocenters. The van der Waals surface area contributed by atoms with Gasteiger partial charge in [0, 0.05) is 19.3 Å². The van der Waals surface area contributed by atoms with Crippen molar-refractivity contribution < 1.29 is 28.6 Å². The van der Waals surface area contributed by atoms with Crippen LogP contribution in [0.5, 0.6) is 0 Å². The first-order chi connectivity index (χ1) is 27.5. The number of hydrogen-bond donors (Lipinski definition) is 0. The van der Waals surface area contributed by atoms with Gasteiger partial charge in [-0.25, -0.2) is 0 Å². The Hall–Kier alpha value is -2.11. The van der Waals surface area contributed by atoms with Crippen LogP contribution in [0.1, 0.15) is 258 Å². The van der Waals surface area contributed by atoms with E-state index in [1.807, 2.05) is 0 Å². The summed E-state index contributed by atoms with van der Waals surface area (Å²) in [6.45, 7) is 6.53. The third-order valence-corrected chi connectivity index (χ3v) is 10.7. The number of esters is 3. The zero-order valence-corrected chi connectivity index (χ0v) is 37.4. The second-order valence-electron chi connectivity index (χ2n) is 16.4. The molecule has 6 nitrogen and oxygen atoms in total. The van der Waals surface area contributed by atoms with E-state index in [0.717, 1.165) is 70.6 Å². The molecule has 0 fully saturated rings. The number of unbranched alkanes of at least 4 members (excludes halogenated alkanes) is 29. The number of carbonyl (C=O) groups is 3. The van der Waals surface area contributed by atoms with Crippen LogP contribution in [0.4, 0.5) is 0 Å². The van der Waals surface area contributed by atoms with Gasteiger partial charge in [-0.05, 0) is 70.6 Å². The molecule has 0 radical (unpaired) electrons. The molecular weight excluding hydrogens is 697 g/mol. The van der Waals surface area contributed by atoms with E-state index in [1.165, 1.54) is 148 Å². The topological polar surface area (TPSA) is 78.9 Å². The van der Waals surface area contributed by atoms with E-state index >= 15 is 0 Å². The van der Waals surface area contributed by atoms with E-state index in [9.17, 15) is 14.4 Å². The summed E-state index contributed by atoms with van der Waals surface area (Å²) in [6.07, 6.45) is 50.6. The molecule has 0 aliphatic carbocycles. The molecule has 0 bridgehead atoms. The number of rotatable bonds is 44. The second kappa shape index (κ2) is 45.6. The molecule has 0 aromatic carbocycles. The third kappa shape index (κ3) is 43.0. The first-order valence-electron chi connectivity index (χ1n) is 24.3. The standard InChI is InChI=1S/C50H92O6/c1-4-7-10-13-15-17-19-21-22-23-24-25-26-27-28-29-31-32-34-37-40-43-49(52)55-46-47(45-54-48(51)42-39-36-12-9-6-3)56-50(53)44-41-38-35-33-30-20-18-16-14-11-8-5-2/h16,18,23-24,47H,4-15,17,19-22,25-46H2,1-3H3/b18-16-,24-23-. The number of hydrogen-bond acceptors (Lipinski definition) is 6. The van der Waals surface area contributed by atoms with Gasteiger partial charge in [0.15, 0.2) is 6.10 Å². The van der Waals surface area contributed by atoms with Crippen molar-refractivity contribution in [1.29, 1.82) is 0 Å². The molecule has 328 valence electrons. The van der Waals surface area contributed by atoms with E-state index in [-0.39, 0.29) is 31.1 Å². The summed E-state index contributed by atoms with van der Waals surface area (Å²) in [5.74, 6) is -0.893. The molecule has 0 aliphatic heterocycles. The second-order valence-corrected chi connectivity index (χ2v) is 16.4. The maximum atomic E-state index is 12.7. The van der Waals surface area contributed by atoms with Crippen molar-refractivity contribution in [3.63, 3.8) is 0 Å². The fourth-order valence-corrected chi connectivity index (χ4v) is 6.96. The van der Waals surface area contributed by atoms with Crippen LogP contribution in [0.15, 0.2) is 24.3 Å². The average Bonchev–Trinajstić information content (AvgIpc) is 3.19. The molecule has 0 saturated carbocycles. The Kier molecular flexibility index (Phi) is 43.9. The summed E-state index contributed by atoms with van der Waals surface area (Å²) in [7, 11) is 0. The SMILES string of the molecule is CCCCC/C=C\CCCCCCCC(=O)OC(COC(=O)CCCCCCC)COC(=O)CCCCCCCCCCC/C=C\CCCCCCCCCC. The Morgan fingerprint density at radius 3 is 0.929 bits per heavy atom. The van der Waals surface area contributed by atoms with E-state index in [1.54, 1.807) is 0 Å². The molecule has 0 heterocycles. The van der Waals surface area contributed by atoms with Crippen LogP contribution in [0, 0.1) is 0 Å². The predicted molar refractivity (Wildman–Crippen MR) is 238 cm³/mol. The minimum atomic E-state index is -0.768. The maximum Gasteiger partial charge on any atom is 0.306 e. The molecule has 0 rings (SSSR count). The summed E-state index contributed by atoms with van der Waals surface area (Å²) in [5, 5.41) is 0. The van der Waals surface area contributed by atoms with Crippen LogP contribution in [-0.4, -0.2) is 37.2 Å². The van der Waals surface area contributed by atoms with Gasteiger partial charge in [0.25, 0.3) is 0 Å². The van der Waals surface area contributed by atoms with Crippen LogP contribution >= 0.6 is 0 Å². The molecule has 6 heteroatoms. The minimum Gasteiger partial charge on any atom is -0.462 e. The highest BCUT2D eigenvalue weighted by Crippen LogP contribution is 2.15. The maximum absolute atomic E-state index is 12.7. The molecule has 1 atom stereocenters. The highest BCUT2D eigenvalue weighted by Gasteiger charge is 2.19. The largest absolute Gasteiger partial charge is 0.462 e. The third-order valence-electron chi connectivity index (χ3n) is 10.7. The van der Waals surface area contributed by atoms with Crippen molar-refractivity contribution in [1.82, 2.24) is 0 Å². The monoisotopic (exact) mass is 789 g/mol. The zero-order chi connectivity index (χ0) is 40.8. The average molecular weight is 789 g/mol. The van der Waals surface area contributed by atoms with Crippen LogP contribution in [0.25, 0.3) is 0 Å². The normalized spacial score (nSPS) is 12.1. The Morgan fingerprint density at radius 2 is 0.589 bits per heavy atom. The molecular formula is C50H92O6. The zero-order valence-electron chi connectivity index (χ0n) is 37.4. The summed E-state index contributed by atoms with van der Waals surface area (Å²) in [4.78, 5) is 37.5. The van der Waals surface area contributed by atoms with Crippen molar-refractivity contribution in [2.24, 2.45) is 0 Å². The van der Waals surface area contributed by atoms with Crippen molar-refractivity contribution in [2.75, 3.05) is 13.2 Å². The first-order valence-corrected chi connectivity index (χ1v) is 24.3. The lowest BCUT2D eigenvalue weighted by Crippen LogP contribution is -2.30. The van der Waals surface area contributed by atoms with Gasteiger partial charge >= 0.3 is 17.9 Å². The quantitative estimate of drug-likeness (QED) is 0.0265. The summed E-state index contributed by atoms with van der Waals surface area (Å²) in [6, 6.07) is 0. The molecule has 0 spiro atoms. The molecule has 0 aliphatic rings. The lowest BCUT2D eigenvalue weighted by Gasteiger charge is -2.18. The molecule has 0 saturated heterocycles. The number of carbonyl (C=O) groups excluding carboxylic acids is 3. The van der Waals surface area contributed by atoms with Gasteiger partial charge in [0.05, 0.1) is 0 Å². The van der Waals surface area contributed by atoms with Gasteiger partial charge in [-0.2, -0.15) is 0 Å². The van der Waals surface area contributed by atoms with E-state index in [2.05, 4.69) is 45.1 Å². The fraction of sp³-hybridized carbons (Fsp3) is 0.860. The van der Waals surface area contributed by atoms with Crippen molar-refractivity contribution in [2.45, 2.75) is 264 Å². The fourth-order valence-electron chi connectivity index (χ4n) is 6.96. The van der Waals surface area contributed by atoms with Crippen molar-refractivity contribution in [3.8, 4) is 0 Å². The molecule has 0 amide bonds. The lowest BCUT2D eigenvalue weighted by atomic mass is 10.1. The van der Waals surface area contributed by atoms with Crippen LogP contribution < -0.4 is 0 Å². The van der Waals surface area contributed by atoms with Gasteiger partial charge in [0.2, 0.25) is 0 Å². The van der Waals surface area contributed by atoms with Gasteiger partial charge < -0.3 is 14.2 Å². The van der Waals surface area contributed by atoms with Crippen LogP contribution in [0.3, 0.4) is 0 Å². The Labute approximate surface area is 347 Å². The molecule has 0 aromatic heterocycles. The number of ether oxygens (including phenoxy) is 3. The Morgan fingerprint density at radius 1 is 0.339 bits per heavy atom. The van der Waals surface area contributed by atoms with Gasteiger partial charge in [-0.15, -0.1) is 0 Å². The summed E-state index contributed by atoms with van der Waals surface area (Å²) in [5.41, 5.74) is 0. The van der Waals surface area contributed by atoms with Crippen molar-refractivity contribution >= 4 is 17.9 Å². The van der Waals surface area contributed by atoms with Gasteiger partial charge in [-0.3, -0.25) is 14.4 Å². The van der Waals surface area contributed by atoms with E-state index < -0.39 is 6.10 Å². The first kappa shape index (κ1) is 53.9. The Bertz CT molecular complexity index is 911. The molecule has 0 aromatic rings. The van der Waals surface area contributed by atoms with Crippen LogP contribution in [0.2, 0.25) is 0 Å². The highest BCUT2D eigenvalue weighted by molar-refractivity contribution is 5.71. The predicted octanol–water partition coefficient (Wildman–Crippen LogP) is 15.6. The summed E-state index contributed by atoms with van der Waals surface area (Å²) >= 11 is 0.